The zero-order valence-corrected chi connectivity index (χ0v) is 7.84. The molecule has 0 unspecified atom stereocenters. The third-order valence-electron chi connectivity index (χ3n) is 1.66. The van der Waals surface area contributed by atoms with E-state index in [1.54, 1.807) is 29.9 Å². The molecular weight excluding hydrogens is 180 g/mol. The summed E-state index contributed by atoms with van der Waals surface area (Å²) in [5.74, 6) is -0.887. The molecule has 0 amide bonds. The van der Waals surface area contributed by atoms with Crippen LogP contribution < -0.4 is 0 Å². The van der Waals surface area contributed by atoms with E-state index in [4.69, 9.17) is 5.11 Å². The van der Waals surface area contributed by atoms with Crippen molar-refractivity contribution in [3.63, 3.8) is 0 Å². The van der Waals surface area contributed by atoms with Gasteiger partial charge in [-0.2, -0.15) is 0 Å². The van der Waals surface area contributed by atoms with Gasteiger partial charge in [-0.1, -0.05) is 0 Å². The summed E-state index contributed by atoms with van der Waals surface area (Å²) in [5, 5.41) is 8.43. The molecule has 0 radical (unpaired) electrons. The maximum atomic E-state index is 10.3. The molecule has 0 spiro atoms. The Morgan fingerprint density at radius 2 is 2.00 bits per heavy atom. The van der Waals surface area contributed by atoms with Crippen LogP contribution in [0.25, 0.3) is 0 Å². The van der Waals surface area contributed by atoms with Crippen LogP contribution in [0.4, 0.5) is 0 Å². The molecule has 0 bridgehead atoms. The number of aromatic nitrogens is 2. The van der Waals surface area contributed by atoms with E-state index in [0.29, 0.717) is 5.69 Å². The van der Waals surface area contributed by atoms with Crippen LogP contribution in [0.1, 0.15) is 10.5 Å². The van der Waals surface area contributed by atoms with Crippen LogP contribution in [0.2, 0.25) is 0 Å². The average molecular weight is 192 g/mol. The van der Waals surface area contributed by atoms with E-state index in [-0.39, 0.29) is 0 Å². The average Bonchev–Trinajstić information content (AvgIpc) is 2.74. The number of carboxylic acid groups (broad SMARTS) is 1. The summed E-state index contributed by atoms with van der Waals surface area (Å²) >= 11 is 0. The number of nitrogens with one attached hydrogen (secondary N) is 1. The van der Waals surface area contributed by atoms with Crippen LogP contribution in [0.3, 0.4) is 0 Å². The van der Waals surface area contributed by atoms with E-state index in [2.05, 4.69) is 4.98 Å². The van der Waals surface area contributed by atoms with Gasteiger partial charge in [0, 0.05) is 25.6 Å². The molecule has 0 aromatic carbocycles. The predicted molar refractivity (Wildman–Crippen MR) is 53.2 cm³/mol. The SMILES string of the molecule is Cn1cccc1C(=O)O.c1cc[nH]c1. The van der Waals surface area contributed by atoms with Crippen LogP contribution in [-0.2, 0) is 7.05 Å². The van der Waals surface area contributed by atoms with Crippen molar-refractivity contribution >= 4 is 5.97 Å². The first-order chi connectivity index (χ1) is 6.72. The number of aromatic amines is 1. The lowest BCUT2D eigenvalue weighted by Crippen LogP contribution is -2.02. The van der Waals surface area contributed by atoms with Crippen molar-refractivity contribution in [2.24, 2.45) is 7.05 Å². The molecule has 0 atom stereocenters. The molecule has 0 saturated carbocycles. The first-order valence-electron chi connectivity index (χ1n) is 4.14. The van der Waals surface area contributed by atoms with E-state index < -0.39 is 5.97 Å². The first kappa shape index (κ1) is 10.1. The Labute approximate surface area is 81.8 Å². The number of hydrogen-bond donors (Lipinski definition) is 2. The van der Waals surface area contributed by atoms with Gasteiger partial charge in [0.1, 0.15) is 5.69 Å². The molecule has 2 rings (SSSR count). The third-order valence-corrected chi connectivity index (χ3v) is 1.66. The lowest BCUT2D eigenvalue weighted by atomic mass is 10.4. The van der Waals surface area contributed by atoms with Gasteiger partial charge in [0.15, 0.2) is 0 Å². The van der Waals surface area contributed by atoms with E-state index in [1.807, 2.05) is 24.5 Å². The summed E-state index contributed by atoms with van der Waals surface area (Å²) in [6, 6.07) is 7.14. The van der Waals surface area contributed by atoms with E-state index in [1.165, 1.54) is 0 Å². The van der Waals surface area contributed by atoms with Gasteiger partial charge < -0.3 is 14.7 Å². The first-order valence-corrected chi connectivity index (χ1v) is 4.14. The van der Waals surface area contributed by atoms with E-state index >= 15 is 0 Å². The summed E-state index contributed by atoms with van der Waals surface area (Å²) in [4.78, 5) is 13.1. The standard InChI is InChI=1S/C6H7NO2.C4H5N/c1-7-4-2-3-5(7)6(8)9;1-2-4-5-3-1/h2-4H,1H3,(H,8,9);1-5H. The van der Waals surface area contributed by atoms with E-state index in [9.17, 15) is 4.79 Å². The Balaban J connectivity index is 0.000000165. The normalized spacial score (nSPS) is 8.93. The molecule has 0 fully saturated rings. The van der Waals surface area contributed by atoms with Gasteiger partial charge in [0.25, 0.3) is 0 Å². The molecule has 14 heavy (non-hydrogen) atoms. The maximum Gasteiger partial charge on any atom is 0.352 e. The molecule has 0 aliphatic rings. The highest BCUT2D eigenvalue weighted by Crippen LogP contribution is 1.97. The number of carbonyl (C=O) groups is 1. The molecule has 2 N–H and O–H groups in total. The topological polar surface area (TPSA) is 58.0 Å². The number of carboxylic acids is 1. The summed E-state index contributed by atoms with van der Waals surface area (Å²) in [7, 11) is 1.70. The van der Waals surface area contributed by atoms with Crippen molar-refractivity contribution in [1.82, 2.24) is 9.55 Å². The Hall–Kier alpha value is -1.97. The highest BCUT2D eigenvalue weighted by Gasteiger charge is 2.03. The molecule has 4 nitrogen and oxygen atoms in total. The Morgan fingerprint density at radius 3 is 2.21 bits per heavy atom. The zero-order valence-electron chi connectivity index (χ0n) is 7.84. The van der Waals surface area contributed by atoms with Gasteiger partial charge in [-0.15, -0.1) is 0 Å². The molecule has 2 aromatic heterocycles. The van der Waals surface area contributed by atoms with Crippen LogP contribution in [0.15, 0.2) is 42.9 Å². The van der Waals surface area contributed by atoms with Gasteiger partial charge in [-0.3, -0.25) is 0 Å². The van der Waals surface area contributed by atoms with Gasteiger partial charge in [-0.05, 0) is 24.3 Å². The van der Waals surface area contributed by atoms with Gasteiger partial charge >= 0.3 is 5.97 Å². The quantitative estimate of drug-likeness (QED) is 0.723. The van der Waals surface area contributed by atoms with Crippen molar-refractivity contribution in [2.45, 2.75) is 0 Å². The fourth-order valence-corrected chi connectivity index (χ4v) is 0.961. The maximum absolute atomic E-state index is 10.3. The molecule has 0 aliphatic heterocycles. The Bertz CT molecular complexity index is 359. The highest BCUT2D eigenvalue weighted by atomic mass is 16.4. The van der Waals surface area contributed by atoms with Crippen molar-refractivity contribution in [2.75, 3.05) is 0 Å². The van der Waals surface area contributed by atoms with Crippen LogP contribution >= 0.6 is 0 Å². The number of H-pyrrole nitrogens is 1. The van der Waals surface area contributed by atoms with Gasteiger partial charge in [0.2, 0.25) is 0 Å². The van der Waals surface area contributed by atoms with Gasteiger partial charge in [-0.25, -0.2) is 4.79 Å². The van der Waals surface area contributed by atoms with Gasteiger partial charge in [0.05, 0.1) is 0 Å². The minimum atomic E-state index is -0.887. The van der Waals surface area contributed by atoms with E-state index in [0.717, 1.165) is 0 Å². The van der Waals surface area contributed by atoms with Crippen LogP contribution in [-0.4, -0.2) is 20.6 Å². The summed E-state index contributed by atoms with van der Waals surface area (Å²) in [6.07, 6.45) is 5.45. The number of hydrogen-bond acceptors (Lipinski definition) is 1. The second kappa shape index (κ2) is 4.91. The lowest BCUT2D eigenvalue weighted by molar-refractivity contribution is 0.0686. The monoisotopic (exact) mass is 192 g/mol. The lowest BCUT2D eigenvalue weighted by Gasteiger charge is -1.93. The largest absolute Gasteiger partial charge is 0.477 e. The number of aromatic carboxylic acids is 1. The van der Waals surface area contributed by atoms with Crippen molar-refractivity contribution in [3.05, 3.63) is 48.5 Å². The fraction of sp³-hybridized carbons (Fsp3) is 0.100. The number of rotatable bonds is 1. The molecule has 0 aliphatic carbocycles. The van der Waals surface area contributed by atoms with Crippen molar-refractivity contribution in [1.29, 1.82) is 0 Å². The molecule has 2 heterocycles. The molecule has 2 aromatic rings. The molecule has 74 valence electrons. The number of nitrogens with zero attached hydrogens (tertiary/aromatic N) is 1. The van der Waals surface area contributed by atoms with Crippen molar-refractivity contribution < 1.29 is 9.90 Å². The zero-order chi connectivity index (χ0) is 10.4. The minimum absolute atomic E-state index is 0.315. The second-order valence-electron chi connectivity index (χ2n) is 2.69. The predicted octanol–water partition coefficient (Wildman–Crippen LogP) is 1.74. The number of aryl methyl sites for hydroxylation is 1. The minimum Gasteiger partial charge on any atom is -0.477 e. The Kier molecular flexibility index (Phi) is 3.55. The van der Waals surface area contributed by atoms with Crippen molar-refractivity contribution in [3.8, 4) is 0 Å². The third kappa shape index (κ3) is 2.82. The van der Waals surface area contributed by atoms with Crippen LogP contribution in [0.5, 0.6) is 0 Å². The van der Waals surface area contributed by atoms with Crippen LogP contribution in [0, 0.1) is 0 Å². The summed E-state index contributed by atoms with van der Waals surface area (Å²) in [6.45, 7) is 0. The molecule has 0 saturated heterocycles. The smallest absolute Gasteiger partial charge is 0.352 e. The summed E-state index contributed by atoms with van der Waals surface area (Å²) in [5.41, 5.74) is 0.315. The molecular formula is C10H12N2O2. The highest BCUT2D eigenvalue weighted by molar-refractivity contribution is 5.85. The Morgan fingerprint density at radius 1 is 1.36 bits per heavy atom. The molecule has 4 heteroatoms. The fourth-order valence-electron chi connectivity index (χ4n) is 0.961. The summed E-state index contributed by atoms with van der Waals surface area (Å²) < 4.78 is 1.56. The second-order valence-corrected chi connectivity index (χ2v) is 2.69.